The second-order valence-corrected chi connectivity index (χ2v) is 3.99. The molecule has 0 radical (unpaired) electrons. The summed E-state index contributed by atoms with van der Waals surface area (Å²) in [6.07, 6.45) is -4.75. The number of halogens is 4. The largest absolute Gasteiger partial charge is 0.477 e. The third-order valence-corrected chi connectivity index (χ3v) is 2.58. The number of alkyl halides is 3. The van der Waals surface area contributed by atoms with Gasteiger partial charge in [0.05, 0.1) is 5.56 Å². The smallest absolute Gasteiger partial charge is 0.416 e. The predicted molar refractivity (Wildman–Crippen MR) is 58.6 cm³/mol. The van der Waals surface area contributed by atoms with Gasteiger partial charge in [0.1, 0.15) is 22.8 Å². The number of carboxylic acids is 1. The van der Waals surface area contributed by atoms with E-state index in [1.807, 2.05) is 0 Å². The van der Waals surface area contributed by atoms with Crippen molar-refractivity contribution in [3.05, 3.63) is 40.9 Å². The van der Waals surface area contributed by atoms with Gasteiger partial charge in [0.25, 0.3) is 0 Å². The molecule has 0 saturated heterocycles. The van der Waals surface area contributed by atoms with Crippen molar-refractivity contribution in [1.82, 2.24) is 5.16 Å². The van der Waals surface area contributed by atoms with Crippen LogP contribution in [0.4, 0.5) is 17.6 Å². The van der Waals surface area contributed by atoms with Gasteiger partial charge in [-0.2, -0.15) is 13.2 Å². The number of rotatable bonds is 2. The Kier molecular flexibility index (Phi) is 3.24. The first kappa shape index (κ1) is 14.0. The number of carboxylic acid groups (broad SMARTS) is 1. The van der Waals surface area contributed by atoms with Gasteiger partial charge in [-0.15, -0.1) is 0 Å². The summed E-state index contributed by atoms with van der Waals surface area (Å²) in [5.41, 5.74) is -2.29. The maximum atomic E-state index is 13.3. The number of aromatic nitrogens is 1. The third-order valence-electron chi connectivity index (χ3n) is 2.58. The van der Waals surface area contributed by atoms with Gasteiger partial charge in [0, 0.05) is 5.56 Å². The standard InChI is InChI=1S/C12H7F4NO3/c1-5-9(11(18)19)10(17-20-5)6-2-7(12(14,15)16)4-8(13)3-6/h2-4H,1H3,(H,18,19). The van der Waals surface area contributed by atoms with Crippen LogP contribution in [0.25, 0.3) is 11.3 Å². The zero-order chi connectivity index (χ0) is 15.1. The summed E-state index contributed by atoms with van der Waals surface area (Å²) in [7, 11) is 0. The fourth-order valence-corrected chi connectivity index (χ4v) is 1.71. The molecule has 1 aromatic heterocycles. The maximum absolute atomic E-state index is 13.3. The van der Waals surface area contributed by atoms with Crippen molar-refractivity contribution in [2.45, 2.75) is 13.1 Å². The minimum Gasteiger partial charge on any atom is -0.477 e. The molecule has 106 valence electrons. The molecule has 4 nitrogen and oxygen atoms in total. The molecule has 0 unspecified atom stereocenters. The average Bonchev–Trinajstić information content (AvgIpc) is 2.69. The lowest BCUT2D eigenvalue weighted by molar-refractivity contribution is -0.137. The lowest BCUT2D eigenvalue weighted by atomic mass is 10.0. The van der Waals surface area contributed by atoms with Gasteiger partial charge in [0.2, 0.25) is 0 Å². The quantitative estimate of drug-likeness (QED) is 0.859. The van der Waals surface area contributed by atoms with E-state index in [2.05, 4.69) is 9.68 Å². The molecule has 8 heteroatoms. The third kappa shape index (κ3) is 2.49. The summed E-state index contributed by atoms with van der Waals surface area (Å²) in [6.45, 7) is 1.30. The summed E-state index contributed by atoms with van der Waals surface area (Å²) in [6, 6.07) is 1.70. The Labute approximate surface area is 109 Å². The Morgan fingerprint density at radius 1 is 1.30 bits per heavy atom. The zero-order valence-corrected chi connectivity index (χ0v) is 9.95. The van der Waals surface area contributed by atoms with Crippen LogP contribution in [-0.4, -0.2) is 16.2 Å². The first-order valence-corrected chi connectivity index (χ1v) is 5.28. The Hall–Kier alpha value is -2.38. The highest BCUT2D eigenvalue weighted by molar-refractivity contribution is 5.95. The molecule has 0 aliphatic rings. The molecule has 0 aliphatic carbocycles. The number of aromatic carboxylic acids is 1. The Bertz CT molecular complexity index is 676. The van der Waals surface area contributed by atoms with E-state index in [-0.39, 0.29) is 17.0 Å². The van der Waals surface area contributed by atoms with Gasteiger partial charge in [-0.25, -0.2) is 9.18 Å². The van der Waals surface area contributed by atoms with E-state index >= 15 is 0 Å². The van der Waals surface area contributed by atoms with Crippen LogP contribution in [0.5, 0.6) is 0 Å². The lowest BCUT2D eigenvalue weighted by Crippen LogP contribution is -2.06. The first-order chi connectivity index (χ1) is 9.20. The van der Waals surface area contributed by atoms with Crippen LogP contribution in [0.15, 0.2) is 22.7 Å². The molecule has 20 heavy (non-hydrogen) atoms. The minimum absolute atomic E-state index is 0.0784. The van der Waals surface area contributed by atoms with Crippen LogP contribution in [0.3, 0.4) is 0 Å². The molecule has 1 N–H and O–H groups in total. The van der Waals surface area contributed by atoms with Gasteiger partial charge in [-0.05, 0) is 25.1 Å². The highest BCUT2D eigenvalue weighted by atomic mass is 19.4. The van der Waals surface area contributed by atoms with E-state index in [1.54, 1.807) is 0 Å². The zero-order valence-electron chi connectivity index (χ0n) is 9.95. The molecule has 0 bridgehead atoms. The number of aryl methyl sites for hydroxylation is 1. The summed E-state index contributed by atoms with van der Waals surface area (Å²) in [5.74, 6) is -2.64. The topological polar surface area (TPSA) is 63.3 Å². The molecule has 0 fully saturated rings. The lowest BCUT2D eigenvalue weighted by Gasteiger charge is -2.08. The van der Waals surface area contributed by atoms with E-state index in [0.717, 1.165) is 6.07 Å². The first-order valence-electron chi connectivity index (χ1n) is 5.28. The van der Waals surface area contributed by atoms with E-state index in [1.165, 1.54) is 6.92 Å². The fourth-order valence-electron chi connectivity index (χ4n) is 1.71. The molecule has 0 saturated carbocycles. The molecule has 2 aromatic rings. The van der Waals surface area contributed by atoms with Crippen molar-refractivity contribution in [2.75, 3.05) is 0 Å². The molecule has 0 spiro atoms. The van der Waals surface area contributed by atoms with Crippen LogP contribution < -0.4 is 0 Å². The highest BCUT2D eigenvalue weighted by Gasteiger charge is 2.32. The minimum atomic E-state index is -4.75. The molecule has 1 aromatic carbocycles. The van der Waals surface area contributed by atoms with Crippen molar-refractivity contribution in [3.63, 3.8) is 0 Å². The predicted octanol–water partition coefficient (Wildman–Crippen LogP) is 3.51. The SMILES string of the molecule is Cc1onc(-c2cc(F)cc(C(F)(F)F)c2)c1C(=O)O. The van der Waals surface area contributed by atoms with Crippen molar-refractivity contribution in [1.29, 1.82) is 0 Å². The van der Waals surface area contributed by atoms with E-state index < -0.39 is 29.1 Å². The van der Waals surface area contributed by atoms with Gasteiger partial charge in [-0.1, -0.05) is 5.16 Å². The van der Waals surface area contributed by atoms with Crippen molar-refractivity contribution in [3.8, 4) is 11.3 Å². The summed E-state index contributed by atoms with van der Waals surface area (Å²) in [4.78, 5) is 11.0. The molecule has 0 amide bonds. The molecular formula is C12H7F4NO3. The van der Waals surface area contributed by atoms with Gasteiger partial charge < -0.3 is 9.63 Å². The van der Waals surface area contributed by atoms with Crippen LogP contribution in [0.1, 0.15) is 21.7 Å². The van der Waals surface area contributed by atoms with Gasteiger partial charge in [-0.3, -0.25) is 0 Å². The van der Waals surface area contributed by atoms with Crippen LogP contribution in [-0.2, 0) is 6.18 Å². The summed E-state index contributed by atoms with van der Waals surface area (Å²) < 4.78 is 55.7. The monoisotopic (exact) mass is 289 g/mol. The van der Waals surface area contributed by atoms with E-state index in [9.17, 15) is 22.4 Å². The number of carbonyl (C=O) groups is 1. The maximum Gasteiger partial charge on any atom is 0.416 e. The van der Waals surface area contributed by atoms with Crippen molar-refractivity contribution in [2.24, 2.45) is 0 Å². The average molecular weight is 289 g/mol. The van der Waals surface area contributed by atoms with Crippen LogP contribution >= 0.6 is 0 Å². The van der Waals surface area contributed by atoms with Crippen LogP contribution in [0.2, 0.25) is 0 Å². The van der Waals surface area contributed by atoms with Gasteiger partial charge >= 0.3 is 12.1 Å². The van der Waals surface area contributed by atoms with E-state index in [4.69, 9.17) is 5.11 Å². The van der Waals surface area contributed by atoms with Crippen molar-refractivity contribution < 1.29 is 32.0 Å². The number of nitrogens with zero attached hydrogens (tertiary/aromatic N) is 1. The Morgan fingerprint density at radius 3 is 2.50 bits per heavy atom. The fraction of sp³-hybridized carbons (Fsp3) is 0.167. The highest BCUT2D eigenvalue weighted by Crippen LogP contribution is 2.34. The van der Waals surface area contributed by atoms with Gasteiger partial charge in [0.15, 0.2) is 0 Å². The van der Waals surface area contributed by atoms with Crippen LogP contribution in [0, 0.1) is 12.7 Å². The number of benzene rings is 1. The number of hydrogen-bond acceptors (Lipinski definition) is 3. The normalized spacial score (nSPS) is 11.7. The Morgan fingerprint density at radius 2 is 1.95 bits per heavy atom. The molecule has 2 rings (SSSR count). The van der Waals surface area contributed by atoms with Crippen molar-refractivity contribution >= 4 is 5.97 Å². The Balaban J connectivity index is 2.65. The second kappa shape index (κ2) is 4.62. The molecule has 0 aliphatic heterocycles. The molecule has 1 heterocycles. The van der Waals surface area contributed by atoms with E-state index in [0.29, 0.717) is 12.1 Å². The second-order valence-electron chi connectivity index (χ2n) is 3.99. The molecular weight excluding hydrogens is 282 g/mol. The summed E-state index contributed by atoms with van der Waals surface area (Å²) in [5, 5.41) is 12.4. The summed E-state index contributed by atoms with van der Waals surface area (Å²) >= 11 is 0. The number of hydrogen-bond donors (Lipinski definition) is 1. The molecule has 0 atom stereocenters.